The van der Waals surface area contributed by atoms with E-state index in [1.165, 1.54) is 18.4 Å². The molecule has 2 saturated heterocycles. The largest absolute Gasteiger partial charge is 0.372 e. The fraction of sp³-hybridized carbons (Fsp3) is 0.625. The molecule has 2 fully saturated rings. The van der Waals surface area contributed by atoms with Crippen molar-refractivity contribution in [2.75, 3.05) is 13.1 Å². The van der Waals surface area contributed by atoms with Crippen LogP contribution in [0.1, 0.15) is 38.7 Å². The number of hydrogen-bond donors (Lipinski definition) is 1. The standard InChI is InChI=1S/C16H23NO/c1-15(2)9-8-14(18-15)10-16(11-17-12-16)13-6-4-3-5-7-13/h3-7,14,17H,8-12H2,1-2H3. The summed E-state index contributed by atoms with van der Waals surface area (Å²) in [6.45, 7) is 6.61. The molecule has 0 saturated carbocycles. The van der Waals surface area contributed by atoms with Gasteiger partial charge < -0.3 is 10.1 Å². The summed E-state index contributed by atoms with van der Waals surface area (Å²) in [6, 6.07) is 10.9. The van der Waals surface area contributed by atoms with E-state index in [2.05, 4.69) is 49.5 Å². The van der Waals surface area contributed by atoms with Crippen LogP contribution in [0, 0.1) is 0 Å². The Morgan fingerprint density at radius 1 is 1.22 bits per heavy atom. The van der Waals surface area contributed by atoms with E-state index in [0.717, 1.165) is 19.5 Å². The molecule has 0 aromatic heterocycles. The molecule has 0 amide bonds. The van der Waals surface area contributed by atoms with E-state index in [0.29, 0.717) is 11.5 Å². The second-order valence-electron chi connectivity index (χ2n) is 6.49. The summed E-state index contributed by atoms with van der Waals surface area (Å²) in [5, 5.41) is 3.44. The van der Waals surface area contributed by atoms with Gasteiger partial charge >= 0.3 is 0 Å². The fourth-order valence-corrected chi connectivity index (χ4v) is 3.34. The van der Waals surface area contributed by atoms with Gasteiger partial charge in [0.25, 0.3) is 0 Å². The quantitative estimate of drug-likeness (QED) is 0.884. The van der Waals surface area contributed by atoms with E-state index in [9.17, 15) is 0 Å². The van der Waals surface area contributed by atoms with E-state index in [1.54, 1.807) is 0 Å². The van der Waals surface area contributed by atoms with Gasteiger partial charge in [-0.1, -0.05) is 30.3 Å². The molecule has 0 aliphatic carbocycles. The summed E-state index contributed by atoms with van der Waals surface area (Å²) < 4.78 is 6.17. The maximum absolute atomic E-state index is 6.17. The van der Waals surface area contributed by atoms with Gasteiger partial charge in [0.05, 0.1) is 11.7 Å². The number of benzene rings is 1. The van der Waals surface area contributed by atoms with Crippen molar-refractivity contribution in [3.63, 3.8) is 0 Å². The highest BCUT2D eigenvalue weighted by Crippen LogP contribution is 2.39. The summed E-state index contributed by atoms with van der Waals surface area (Å²) in [6.07, 6.45) is 3.99. The lowest BCUT2D eigenvalue weighted by Gasteiger charge is -2.45. The molecule has 3 rings (SSSR count). The highest BCUT2D eigenvalue weighted by molar-refractivity contribution is 5.30. The normalized spacial score (nSPS) is 28.9. The first-order valence-electron chi connectivity index (χ1n) is 7.04. The van der Waals surface area contributed by atoms with Crippen LogP contribution >= 0.6 is 0 Å². The third-order valence-corrected chi connectivity index (χ3v) is 4.49. The summed E-state index contributed by atoms with van der Waals surface area (Å²) in [7, 11) is 0. The lowest BCUT2D eigenvalue weighted by Crippen LogP contribution is -2.58. The Bertz CT molecular complexity index is 408. The Labute approximate surface area is 110 Å². The van der Waals surface area contributed by atoms with Gasteiger partial charge in [0, 0.05) is 18.5 Å². The molecule has 2 nitrogen and oxygen atoms in total. The predicted octanol–water partition coefficient (Wildman–Crippen LogP) is 2.88. The molecular formula is C16H23NO. The maximum Gasteiger partial charge on any atom is 0.0631 e. The molecule has 1 aromatic carbocycles. The molecular weight excluding hydrogens is 222 g/mol. The van der Waals surface area contributed by atoms with Crippen molar-refractivity contribution in [1.29, 1.82) is 0 Å². The van der Waals surface area contributed by atoms with Crippen LogP contribution < -0.4 is 5.32 Å². The van der Waals surface area contributed by atoms with Crippen LogP contribution in [0.15, 0.2) is 30.3 Å². The minimum Gasteiger partial charge on any atom is -0.372 e. The zero-order chi connectivity index (χ0) is 12.6. The average molecular weight is 245 g/mol. The van der Waals surface area contributed by atoms with E-state index < -0.39 is 0 Å². The average Bonchev–Trinajstić information content (AvgIpc) is 2.64. The summed E-state index contributed by atoms with van der Waals surface area (Å²) >= 11 is 0. The van der Waals surface area contributed by atoms with Crippen molar-refractivity contribution < 1.29 is 4.74 Å². The Morgan fingerprint density at radius 3 is 2.44 bits per heavy atom. The van der Waals surface area contributed by atoms with E-state index in [-0.39, 0.29) is 5.60 Å². The molecule has 2 heteroatoms. The molecule has 2 aliphatic rings. The summed E-state index contributed by atoms with van der Waals surface area (Å²) in [4.78, 5) is 0. The maximum atomic E-state index is 6.17. The van der Waals surface area contributed by atoms with E-state index in [1.807, 2.05) is 0 Å². The molecule has 18 heavy (non-hydrogen) atoms. The molecule has 0 bridgehead atoms. The minimum absolute atomic E-state index is 0.0831. The second kappa shape index (κ2) is 4.36. The Hall–Kier alpha value is -0.860. The smallest absolute Gasteiger partial charge is 0.0631 e. The van der Waals surface area contributed by atoms with Crippen LogP contribution in [0.5, 0.6) is 0 Å². The third-order valence-electron chi connectivity index (χ3n) is 4.49. The fourth-order valence-electron chi connectivity index (χ4n) is 3.34. The molecule has 1 N–H and O–H groups in total. The SMILES string of the molecule is CC1(C)CCC(CC2(c3ccccc3)CNC2)O1. The van der Waals surface area contributed by atoms with Crippen LogP contribution in [-0.4, -0.2) is 24.8 Å². The molecule has 0 radical (unpaired) electrons. The van der Waals surface area contributed by atoms with Gasteiger partial charge in [-0.2, -0.15) is 0 Å². The van der Waals surface area contributed by atoms with Gasteiger partial charge in [-0.05, 0) is 38.7 Å². The predicted molar refractivity (Wildman–Crippen MR) is 73.8 cm³/mol. The zero-order valence-electron chi connectivity index (χ0n) is 11.4. The lowest BCUT2D eigenvalue weighted by molar-refractivity contribution is -0.0318. The lowest BCUT2D eigenvalue weighted by atomic mass is 9.71. The molecule has 98 valence electrons. The highest BCUT2D eigenvalue weighted by atomic mass is 16.5. The summed E-state index contributed by atoms with van der Waals surface area (Å²) in [5.41, 5.74) is 1.86. The molecule has 2 aliphatic heterocycles. The van der Waals surface area contributed by atoms with Crippen molar-refractivity contribution in [1.82, 2.24) is 5.32 Å². The van der Waals surface area contributed by atoms with Crippen LogP contribution in [0.4, 0.5) is 0 Å². The topological polar surface area (TPSA) is 21.3 Å². The van der Waals surface area contributed by atoms with Crippen molar-refractivity contribution >= 4 is 0 Å². The summed E-state index contributed by atoms with van der Waals surface area (Å²) in [5.74, 6) is 0. The molecule has 1 aromatic rings. The van der Waals surface area contributed by atoms with Gasteiger partial charge in [-0.15, -0.1) is 0 Å². The van der Waals surface area contributed by atoms with Crippen LogP contribution in [-0.2, 0) is 10.2 Å². The van der Waals surface area contributed by atoms with Gasteiger partial charge in [-0.3, -0.25) is 0 Å². The van der Waals surface area contributed by atoms with Crippen molar-refractivity contribution in [2.45, 2.75) is 50.2 Å². The molecule has 1 atom stereocenters. The van der Waals surface area contributed by atoms with Gasteiger partial charge in [-0.25, -0.2) is 0 Å². The second-order valence-corrected chi connectivity index (χ2v) is 6.49. The Kier molecular flexibility index (Phi) is 2.95. The zero-order valence-corrected chi connectivity index (χ0v) is 11.4. The van der Waals surface area contributed by atoms with Gasteiger partial charge in [0.15, 0.2) is 0 Å². The van der Waals surface area contributed by atoms with Crippen molar-refractivity contribution in [3.05, 3.63) is 35.9 Å². The van der Waals surface area contributed by atoms with Crippen molar-refractivity contribution in [3.8, 4) is 0 Å². The molecule has 2 heterocycles. The van der Waals surface area contributed by atoms with Gasteiger partial charge in [0.2, 0.25) is 0 Å². The Balaban J connectivity index is 1.74. The number of rotatable bonds is 3. The third kappa shape index (κ3) is 2.19. The first kappa shape index (κ1) is 12.2. The first-order valence-corrected chi connectivity index (χ1v) is 7.04. The molecule has 0 spiro atoms. The number of nitrogens with one attached hydrogen (secondary N) is 1. The number of ether oxygens (including phenoxy) is 1. The molecule has 1 unspecified atom stereocenters. The van der Waals surface area contributed by atoms with Crippen LogP contribution in [0.25, 0.3) is 0 Å². The monoisotopic (exact) mass is 245 g/mol. The van der Waals surface area contributed by atoms with Crippen LogP contribution in [0.3, 0.4) is 0 Å². The van der Waals surface area contributed by atoms with Gasteiger partial charge in [0.1, 0.15) is 0 Å². The first-order chi connectivity index (χ1) is 8.60. The minimum atomic E-state index is 0.0831. The van der Waals surface area contributed by atoms with Crippen LogP contribution in [0.2, 0.25) is 0 Å². The van der Waals surface area contributed by atoms with E-state index in [4.69, 9.17) is 4.74 Å². The Morgan fingerprint density at radius 2 is 1.94 bits per heavy atom. The number of hydrogen-bond acceptors (Lipinski definition) is 2. The van der Waals surface area contributed by atoms with E-state index >= 15 is 0 Å². The van der Waals surface area contributed by atoms with Crippen molar-refractivity contribution in [2.24, 2.45) is 0 Å². The highest BCUT2D eigenvalue weighted by Gasteiger charge is 2.43.